The number of halogens is 2. The number of aryl methyl sites for hydroxylation is 1. The van der Waals surface area contributed by atoms with Crippen LogP contribution in [-0.4, -0.2) is 12.1 Å². The Bertz CT molecular complexity index is 619. The third-order valence-corrected chi connectivity index (χ3v) is 3.06. The number of methoxy groups -OCH3 is 1. The zero-order valence-corrected chi connectivity index (χ0v) is 11.2. The summed E-state index contributed by atoms with van der Waals surface area (Å²) in [6.45, 7) is 1.57. The van der Waals surface area contributed by atoms with E-state index in [1.165, 1.54) is 19.4 Å². The van der Waals surface area contributed by atoms with Gasteiger partial charge in [-0.2, -0.15) is 0 Å². The molecule has 1 unspecified atom stereocenters. The molecule has 1 heterocycles. The van der Waals surface area contributed by atoms with Gasteiger partial charge < -0.3 is 4.74 Å². The molecule has 1 atom stereocenters. The lowest BCUT2D eigenvalue weighted by molar-refractivity contribution is 0.411. The Morgan fingerprint density at radius 2 is 1.95 bits per heavy atom. The van der Waals surface area contributed by atoms with Gasteiger partial charge in [-0.1, -0.05) is 0 Å². The summed E-state index contributed by atoms with van der Waals surface area (Å²) in [5, 5.41) is 0. The Kier molecular flexibility index (Phi) is 4.26. The Hall–Kier alpha value is -2.05. The molecule has 1 aromatic heterocycles. The summed E-state index contributed by atoms with van der Waals surface area (Å²) in [6, 6.07) is 3.32. The van der Waals surface area contributed by atoms with Crippen LogP contribution in [0.5, 0.6) is 5.75 Å². The number of hydrogen-bond acceptors (Lipinski definition) is 4. The summed E-state index contributed by atoms with van der Waals surface area (Å²) in [5.41, 5.74) is 3.73. The quantitative estimate of drug-likeness (QED) is 0.665. The minimum atomic E-state index is -0.668. The summed E-state index contributed by atoms with van der Waals surface area (Å²) in [5.74, 6) is 4.78. The van der Waals surface area contributed by atoms with Crippen LogP contribution in [0.1, 0.15) is 22.7 Å². The molecule has 2 rings (SSSR count). The Morgan fingerprint density at radius 3 is 2.60 bits per heavy atom. The number of benzene rings is 1. The van der Waals surface area contributed by atoms with Crippen LogP contribution in [0.15, 0.2) is 30.6 Å². The van der Waals surface area contributed by atoms with Gasteiger partial charge in [-0.25, -0.2) is 14.2 Å². The average molecular weight is 279 g/mol. The lowest BCUT2D eigenvalue weighted by Gasteiger charge is -2.18. The van der Waals surface area contributed by atoms with Crippen molar-refractivity contribution in [1.29, 1.82) is 0 Å². The molecule has 0 saturated carbocycles. The zero-order chi connectivity index (χ0) is 14.7. The number of rotatable bonds is 4. The minimum Gasteiger partial charge on any atom is -0.495 e. The van der Waals surface area contributed by atoms with Crippen molar-refractivity contribution in [2.24, 2.45) is 5.84 Å². The molecule has 0 amide bonds. The van der Waals surface area contributed by atoms with Crippen LogP contribution in [0.4, 0.5) is 8.78 Å². The van der Waals surface area contributed by atoms with Crippen molar-refractivity contribution in [2.75, 3.05) is 7.11 Å². The first-order valence-electron chi connectivity index (χ1n) is 5.97. The highest BCUT2D eigenvalue weighted by atomic mass is 19.1. The predicted molar refractivity (Wildman–Crippen MR) is 71.1 cm³/mol. The number of hydrazine groups is 1. The minimum absolute atomic E-state index is 0.251. The van der Waals surface area contributed by atoms with E-state index >= 15 is 0 Å². The van der Waals surface area contributed by atoms with Gasteiger partial charge in [0.05, 0.1) is 19.3 Å². The summed E-state index contributed by atoms with van der Waals surface area (Å²) >= 11 is 0. The fourth-order valence-corrected chi connectivity index (χ4v) is 1.97. The van der Waals surface area contributed by atoms with Crippen molar-refractivity contribution in [2.45, 2.75) is 13.0 Å². The molecule has 20 heavy (non-hydrogen) atoms. The first-order chi connectivity index (χ1) is 9.56. The molecule has 6 heteroatoms. The number of nitrogens with one attached hydrogen (secondary N) is 1. The van der Waals surface area contributed by atoms with E-state index in [-0.39, 0.29) is 5.56 Å². The van der Waals surface area contributed by atoms with Crippen molar-refractivity contribution in [3.63, 3.8) is 0 Å². The molecule has 1 aromatic carbocycles. The fraction of sp³-hybridized carbons (Fsp3) is 0.214. The van der Waals surface area contributed by atoms with Crippen LogP contribution in [0.3, 0.4) is 0 Å². The number of ether oxygens (including phenoxy) is 1. The van der Waals surface area contributed by atoms with Gasteiger partial charge in [-0.05, 0) is 30.2 Å². The lowest BCUT2D eigenvalue weighted by atomic mass is 9.98. The Balaban J connectivity index is 2.49. The van der Waals surface area contributed by atoms with Gasteiger partial charge in [0.15, 0.2) is 0 Å². The van der Waals surface area contributed by atoms with E-state index < -0.39 is 17.7 Å². The molecule has 0 bridgehead atoms. The highest BCUT2D eigenvalue weighted by Crippen LogP contribution is 2.27. The van der Waals surface area contributed by atoms with Gasteiger partial charge in [0.1, 0.15) is 17.4 Å². The van der Waals surface area contributed by atoms with Crippen molar-refractivity contribution >= 4 is 0 Å². The summed E-state index contributed by atoms with van der Waals surface area (Å²) in [7, 11) is 1.51. The summed E-state index contributed by atoms with van der Waals surface area (Å²) in [4.78, 5) is 4.00. The average Bonchev–Trinajstić information content (AvgIpc) is 2.45. The molecule has 0 aliphatic rings. The van der Waals surface area contributed by atoms with Crippen molar-refractivity contribution < 1.29 is 13.5 Å². The number of nitrogens with two attached hydrogens (primary N) is 1. The second-order valence-corrected chi connectivity index (χ2v) is 4.38. The molecule has 0 saturated heterocycles. The first-order valence-corrected chi connectivity index (χ1v) is 5.97. The summed E-state index contributed by atoms with van der Waals surface area (Å²) in [6.07, 6.45) is 3.08. The van der Waals surface area contributed by atoms with Crippen molar-refractivity contribution in [3.05, 3.63) is 58.9 Å². The SMILES string of the molecule is COc1cncc(C(NN)c2cc(C)c(F)cc2F)c1. The fourth-order valence-electron chi connectivity index (χ4n) is 1.97. The predicted octanol–water partition coefficient (Wildman–Crippen LogP) is 2.23. The highest BCUT2D eigenvalue weighted by molar-refractivity contribution is 5.36. The molecule has 106 valence electrons. The lowest BCUT2D eigenvalue weighted by Crippen LogP contribution is -2.29. The third kappa shape index (κ3) is 2.76. The second kappa shape index (κ2) is 5.94. The van der Waals surface area contributed by atoms with Gasteiger partial charge in [-0.3, -0.25) is 10.8 Å². The zero-order valence-electron chi connectivity index (χ0n) is 11.2. The van der Waals surface area contributed by atoms with Crippen LogP contribution >= 0.6 is 0 Å². The van der Waals surface area contributed by atoms with Crippen molar-refractivity contribution in [1.82, 2.24) is 10.4 Å². The normalized spacial score (nSPS) is 12.2. The molecule has 2 aromatic rings. The molecular weight excluding hydrogens is 264 g/mol. The molecule has 0 fully saturated rings. The molecule has 0 spiro atoms. The van der Waals surface area contributed by atoms with Gasteiger partial charge >= 0.3 is 0 Å². The van der Waals surface area contributed by atoms with E-state index in [0.29, 0.717) is 16.9 Å². The van der Waals surface area contributed by atoms with Crippen LogP contribution in [0.2, 0.25) is 0 Å². The van der Waals surface area contributed by atoms with Gasteiger partial charge in [0, 0.05) is 17.8 Å². The van der Waals surface area contributed by atoms with Crippen LogP contribution in [0.25, 0.3) is 0 Å². The molecule has 3 N–H and O–H groups in total. The third-order valence-electron chi connectivity index (χ3n) is 3.06. The van der Waals surface area contributed by atoms with E-state index in [9.17, 15) is 8.78 Å². The van der Waals surface area contributed by atoms with Gasteiger partial charge in [0.2, 0.25) is 0 Å². The monoisotopic (exact) mass is 279 g/mol. The van der Waals surface area contributed by atoms with E-state index in [1.54, 1.807) is 19.2 Å². The maximum absolute atomic E-state index is 13.9. The smallest absolute Gasteiger partial charge is 0.137 e. The van der Waals surface area contributed by atoms with Gasteiger partial charge in [-0.15, -0.1) is 0 Å². The Morgan fingerprint density at radius 1 is 1.20 bits per heavy atom. The molecule has 0 aliphatic heterocycles. The first kappa shape index (κ1) is 14.4. The number of pyridine rings is 1. The molecule has 0 radical (unpaired) electrons. The molecule has 0 aliphatic carbocycles. The van der Waals surface area contributed by atoms with Crippen LogP contribution in [-0.2, 0) is 0 Å². The largest absolute Gasteiger partial charge is 0.495 e. The van der Waals surface area contributed by atoms with E-state index in [0.717, 1.165) is 6.07 Å². The van der Waals surface area contributed by atoms with E-state index in [1.807, 2.05) is 0 Å². The number of hydrogen-bond donors (Lipinski definition) is 2. The standard InChI is InChI=1S/C14H15F2N3O/c1-8-3-11(13(16)5-12(8)15)14(19-17)9-4-10(20-2)7-18-6-9/h3-7,14,19H,17H2,1-2H3. The number of nitrogens with zero attached hydrogens (tertiary/aromatic N) is 1. The van der Waals surface area contributed by atoms with E-state index in [4.69, 9.17) is 10.6 Å². The molecular formula is C14H15F2N3O. The van der Waals surface area contributed by atoms with E-state index in [2.05, 4.69) is 10.4 Å². The maximum Gasteiger partial charge on any atom is 0.137 e. The second-order valence-electron chi connectivity index (χ2n) is 4.38. The summed E-state index contributed by atoms with van der Waals surface area (Å²) < 4.78 is 32.3. The highest BCUT2D eigenvalue weighted by Gasteiger charge is 2.19. The van der Waals surface area contributed by atoms with Crippen molar-refractivity contribution in [3.8, 4) is 5.75 Å². The Labute approximate surface area is 115 Å². The van der Waals surface area contributed by atoms with Gasteiger partial charge in [0.25, 0.3) is 0 Å². The van der Waals surface area contributed by atoms with Crippen LogP contribution in [0, 0.1) is 18.6 Å². The number of aromatic nitrogens is 1. The molecule has 4 nitrogen and oxygen atoms in total. The topological polar surface area (TPSA) is 60.2 Å². The van der Waals surface area contributed by atoms with Crippen LogP contribution < -0.4 is 16.0 Å². The maximum atomic E-state index is 13.9.